The zero-order valence-electron chi connectivity index (χ0n) is 9.88. The SMILES string of the molecule is CCC(C)NC(=O)CCN1CCNCC1. The van der Waals surface area contributed by atoms with Gasteiger partial charge in [-0.2, -0.15) is 0 Å². The van der Waals surface area contributed by atoms with Crippen molar-refractivity contribution in [3.63, 3.8) is 0 Å². The maximum atomic E-state index is 11.5. The van der Waals surface area contributed by atoms with Gasteiger partial charge in [-0.15, -0.1) is 0 Å². The third-order valence-electron chi connectivity index (χ3n) is 2.88. The fourth-order valence-electron chi connectivity index (χ4n) is 1.64. The summed E-state index contributed by atoms with van der Waals surface area (Å²) in [6, 6.07) is 0.306. The molecule has 0 aromatic heterocycles. The van der Waals surface area contributed by atoms with Crippen LogP contribution in [0.1, 0.15) is 26.7 Å². The molecular weight excluding hydrogens is 190 g/mol. The summed E-state index contributed by atoms with van der Waals surface area (Å²) < 4.78 is 0. The minimum atomic E-state index is 0.183. The fourth-order valence-corrected chi connectivity index (χ4v) is 1.64. The van der Waals surface area contributed by atoms with Crippen LogP contribution in [0.4, 0.5) is 0 Å². The van der Waals surface area contributed by atoms with Crippen LogP contribution in [0.3, 0.4) is 0 Å². The topological polar surface area (TPSA) is 44.4 Å². The van der Waals surface area contributed by atoms with E-state index in [0.29, 0.717) is 12.5 Å². The van der Waals surface area contributed by atoms with E-state index in [1.807, 2.05) is 6.92 Å². The Morgan fingerprint density at radius 2 is 2.13 bits per heavy atom. The molecule has 0 aromatic carbocycles. The van der Waals surface area contributed by atoms with E-state index in [-0.39, 0.29) is 5.91 Å². The second-order valence-corrected chi connectivity index (χ2v) is 4.22. The molecule has 0 aromatic rings. The van der Waals surface area contributed by atoms with E-state index in [9.17, 15) is 4.79 Å². The van der Waals surface area contributed by atoms with Crippen molar-refractivity contribution >= 4 is 5.91 Å². The van der Waals surface area contributed by atoms with Crippen LogP contribution in [0.5, 0.6) is 0 Å². The quantitative estimate of drug-likeness (QED) is 0.685. The number of piperazine rings is 1. The van der Waals surface area contributed by atoms with Crippen LogP contribution in [-0.2, 0) is 4.79 Å². The highest BCUT2D eigenvalue weighted by Gasteiger charge is 2.11. The Labute approximate surface area is 92.4 Å². The molecule has 2 N–H and O–H groups in total. The largest absolute Gasteiger partial charge is 0.354 e. The van der Waals surface area contributed by atoms with Gasteiger partial charge in [-0.05, 0) is 13.3 Å². The highest BCUT2D eigenvalue weighted by Crippen LogP contribution is 1.95. The predicted octanol–water partition coefficient (Wildman–Crippen LogP) is 0.196. The van der Waals surface area contributed by atoms with Gasteiger partial charge in [0.05, 0.1) is 0 Å². The summed E-state index contributed by atoms with van der Waals surface area (Å²) in [6.07, 6.45) is 1.63. The molecular formula is C11H23N3O. The predicted molar refractivity (Wildman–Crippen MR) is 61.8 cm³/mol. The number of carbonyl (C=O) groups is 1. The van der Waals surface area contributed by atoms with Crippen molar-refractivity contribution in [3.8, 4) is 0 Å². The third-order valence-corrected chi connectivity index (χ3v) is 2.88. The summed E-state index contributed by atoms with van der Waals surface area (Å²) in [6.45, 7) is 9.25. The zero-order chi connectivity index (χ0) is 11.1. The Hall–Kier alpha value is -0.610. The average Bonchev–Trinajstić information content (AvgIpc) is 2.27. The first-order valence-corrected chi connectivity index (χ1v) is 5.94. The molecule has 1 rings (SSSR count). The van der Waals surface area contributed by atoms with Crippen molar-refractivity contribution in [2.45, 2.75) is 32.7 Å². The molecule has 0 saturated carbocycles. The second-order valence-electron chi connectivity index (χ2n) is 4.22. The number of carbonyl (C=O) groups excluding carboxylic acids is 1. The number of hydrogen-bond donors (Lipinski definition) is 2. The van der Waals surface area contributed by atoms with Crippen molar-refractivity contribution in [2.75, 3.05) is 32.7 Å². The summed E-state index contributed by atoms with van der Waals surface area (Å²) >= 11 is 0. The van der Waals surface area contributed by atoms with E-state index >= 15 is 0 Å². The molecule has 15 heavy (non-hydrogen) atoms. The van der Waals surface area contributed by atoms with Gasteiger partial charge in [-0.1, -0.05) is 6.92 Å². The molecule has 0 radical (unpaired) electrons. The molecule has 0 aliphatic carbocycles. The summed E-state index contributed by atoms with van der Waals surface area (Å²) in [5.74, 6) is 0.183. The van der Waals surface area contributed by atoms with Gasteiger partial charge in [0.25, 0.3) is 0 Å². The number of amides is 1. The summed E-state index contributed by atoms with van der Waals surface area (Å²) in [5, 5.41) is 6.29. The van der Waals surface area contributed by atoms with Gasteiger partial charge < -0.3 is 15.5 Å². The maximum absolute atomic E-state index is 11.5. The fraction of sp³-hybridized carbons (Fsp3) is 0.909. The molecule has 4 nitrogen and oxygen atoms in total. The van der Waals surface area contributed by atoms with E-state index < -0.39 is 0 Å². The number of nitrogens with zero attached hydrogens (tertiary/aromatic N) is 1. The van der Waals surface area contributed by atoms with E-state index in [2.05, 4.69) is 22.5 Å². The number of nitrogens with one attached hydrogen (secondary N) is 2. The molecule has 1 aliphatic rings. The van der Waals surface area contributed by atoms with Gasteiger partial charge in [-0.25, -0.2) is 0 Å². The highest BCUT2D eigenvalue weighted by molar-refractivity contribution is 5.76. The molecule has 88 valence electrons. The van der Waals surface area contributed by atoms with E-state index in [0.717, 1.165) is 39.1 Å². The lowest BCUT2D eigenvalue weighted by molar-refractivity contribution is -0.122. The van der Waals surface area contributed by atoms with Crippen molar-refractivity contribution in [3.05, 3.63) is 0 Å². The Bertz CT molecular complexity index is 190. The summed E-state index contributed by atoms with van der Waals surface area (Å²) in [5.41, 5.74) is 0. The highest BCUT2D eigenvalue weighted by atomic mass is 16.1. The lowest BCUT2D eigenvalue weighted by atomic mass is 10.2. The molecule has 1 saturated heterocycles. The Morgan fingerprint density at radius 3 is 2.73 bits per heavy atom. The standard InChI is InChI=1S/C11H23N3O/c1-3-10(2)13-11(15)4-7-14-8-5-12-6-9-14/h10,12H,3-9H2,1-2H3,(H,13,15). The molecule has 1 fully saturated rings. The molecule has 1 amide bonds. The first-order valence-electron chi connectivity index (χ1n) is 5.94. The minimum Gasteiger partial charge on any atom is -0.354 e. The normalized spacial score (nSPS) is 19.9. The van der Waals surface area contributed by atoms with Crippen molar-refractivity contribution in [1.29, 1.82) is 0 Å². The average molecular weight is 213 g/mol. The third kappa shape index (κ3) is 5.14. The van der Waals surface area contributed by atoms with Crippen LogP contribution in [-0.4, -0.2) is 49.6 Å². The van der Waals surface area contributed by atoms with Crippen molar-refractivity contribution in [1.82, 2.24) is 15.5 Å². The van der Waals surface area contributed by atoms with Gasteiger partial charge in [-0.3, -0.25) is 4.79 Å². The van der Waals surface area contributed by atoms with E-state index in [1.54, 1.807) is 0 Å². The van der Waals surface area contributed by atoms with Crippen LogP contribution < -0.4 is 10.6 Å². The van der Waals surface area contributed by atoms with Crippen LogP contribution in [0.2, 0.25) is 0 Å². The van der Waals surface area contributed by atoms with E-state index in [4.69, 9.17) is 0 Å². The lowest BCUT2D eigenvalue weighted by Gasteiger charge is -2.27. The van der Waals surface area contributed by atoms with Crippen LogP contribution in [0.15, 0.2) is 0 Å². The zero-order valence-corrected chi connectivity index (χ0v) is 9.88. The van der Waals surface area contributed by atoms with Crippen LogP contribution in [0.25, 0.3) is 0 Å². The van der Waals surface area contributed by atoms with Gasteiger partial charge in [0, 0.05) is 45.2 Å². The molecule has 4 heteroatoms. The molecule has 1 unspecified atom stereocenters. The van der Waals surface area contributed by atoms with Gasteiger partial charge >= 0.3 is 0 Å². The molecule has 1 atom stereocenters. The van der Waals surface area contributed by atoms with Crippen molar-refractivity contribution < 1.29 is 4.79 Å². The Kier molecular flexibility index (Phi) is 5.65. The summed E-state index contributed by atoms with van der Waals surface area (Å²) in [4.78, 5) is 13.8. The van der Waals surface area contributed by atoms with Crippen LogP contribution in [0, 0.1) is 0 Å². The van der Waals surface area contributed by atoms with Crippen molar-refractivity contribution in [2.24, 2.45) is 0 Å². The maximum Gasteiger partial charge on any atom is 0.221 e. The molecule has 0 spiro atoms. The van der Waals surface area contributed by atoms with Gasteiger partial charge in [0.15, 0.2) is 0 Å². The summed E-state index contributed by atoms with van der Waals surface area (Å²) in [7, 11) is 0. The van der Waals surface area contributed by atoms with Gasteiger partial charge in [0.2, 0.25) is 5.91 Å². The first kappa shape index (κ1) is 12.5. The Balaban J connectivity index is 2.10. The molecule has 0 bridgehead atoms. The lowest BCUT2D eigenvalue weighted by Crippen LogP contribution is -2.45. The van der Waals surface area contributed by atoms with E-state index in [1.165, 1.54) is 0 Å². The minimum absolute atomic E-state index is 0.183. The van der Waals surface area contributed by atoms with Crippen LogP contribution >= 0.6 is 0 Å². The smallest absolute Gasteiger partial charge is 0.221 e. The second kappa shape index (κ2) is 6.80. The molecule has 1 aliphatic heterocycles. The number of hydrogen-bond acceptors (Lipinski definition) is 3. The number of rotatable bonds is 5. The van der Waals surface area contributed by atoms with Gasteiger partial charge in [0.1, 0.15) is 0 Å². The Morgan fingerprint density at radius 1 is 1.47 bits per heavy atom. The molecule has 1 heterocycles. The first-order chi connectivity index (χ1) is 7.22. The monoisotopic (exact) mass is 213 g/mol.